The predicted octanol–water partition coefficient (Wildman–Crippen LogP) is 2.10. The Morgan fingerprint density at radius 1 is 1.18 bits per heavy atom. The zero-order valence-corrected chi connectivity index (χ0v) is 22.2. The summed E-state index contributed by atoms with van der Waals surface area (Å²) >= 11 is 0. The molecule has 0 amide bonds. The van der Waals surface area contributed by atoms with Crippen LogP contribution >= 0.6 is 24.0 Å². The standard InChI is InChI=1S/C23H36N6O3.HI/c1-4-20-27-21(32-28-20)19-8-6-18(7-9-19)10-11-25-22(24-5-2)26-16-23(3,30)17-29-12-14-31-15-13-29;/h6-9,30H,4-5,10-17H2,1-3H3,(H2,24,25,26);1H. The Morgan fingerprint density at radius 3 is 2.55 bits per heavy atom. The number of nitrogens with one attached hydrogen (secondary N) is 2. The van der Waals surface area contributed by atoms with Crippen molar-refractivity contribution in [3.8, 4) is 11.5 Å². The van der Waals surface area contributed by atoms with Gasteiger partial charge in [0.15, 0.2) is 11.8 Å². The molecule has 1 aliphatic rings. The normalized spacial score (nSPS) is 16.7. The lowest BCUT2D eigenvalue weighted by Gasteiger charge is -2.33. The van der Waals surface area contributed by atoms with Gasteiger partial charge in [-0.3, -0.25) is 9.89 Å². The van der Waals surface area contributed by atoms with Crippen molar-refractivity contribution in [1.82, 2.24) is 25.7 Å². The van der Waals surface area contributed by atoms with Gasteiger partial charge in [0.1, 0.15) is 0 Å². The Kier molecular flexibility index (Phi) is 11.5. The van der Waals surface area contributed by atoms with Gasteiger partial charge in [0.05, 0.1) is 25.4 Å². The number of hydrogen-bond donors (Lipinski definition) is 3. The molecule has 3 rings (SSSR count). The summed E-state index contributed by atoms with van der Waals surface area (Å²) in [5.41, 5.74) is 1.24. The van der Waals surface area contributed by atoms with E-state index < -0.39 is 5.60 Å². The fourth-order valence-electron chi connectivity index (χ4n) is 3.54. The molecule has 1 atom stereocenters. The van der Waals surface area contributed by atoms with E-state index in [0.29, 0.717) is 30.8 Å². The van der Waals surface area contributed by atoms with Gasteiger partial charge in [-0.05, 0) is 38.0 Å². The molecule has 2 aromatic rings. The number of aryl methyl sites for hydroxylation is 1. The molecular formula is C23H37IN6O3. The predicted molar refractivity (Wildman–Crippen MR) is 140 cm³/mol. The molecule has 1 aliphatic heterocycles. The number of aliphatic imine (C=N–C) groups is 1. The van der Waals surface area contributed by atoms with Crippen LogP contribution < -0.4 is 10.6 Å². The molecule has 1 aromatic heterocycles. The van der Waals surface area contributed by atoms with E-state index in [9.17, 15) is 5.11 Å². The summed E-state index contributed by atoms with van der Waals surface area (Å²) in [6.45, 7) is 11.4. The molecule has 1 unspecified atom stereocenters. The molecule has 33 heavy (non-hydrogen) atoms. The number of nitrogens with zero attached hydrogens (tertiary/aromatic N) is 4. The van der Waals surface area contributed by atoms with Crippen LogP contribution in [0.2, 0.25) is 0 Å². The van der Waals surface area contributed by atoms with Gasteiger partial charge in [-0.1, -0.05) is 24.2 Å². The summed E-state index contributed by atoms with van der Waals surface area (Å²) in [5.74, 6) is 1.98. The first-order chi connectivity index (χ1) is 15.5. The molecule has 3 N–H and O–H groups in total. The molecule has 1 fully saturated rings. The van der Waals surface area contributed by atoms with Gasteiger partial charge in [-0.25, -0.2) is 0 Å². The quantitative estimate of drug-likeness (QED) is 0.226. The van der Waals surface area contributed by atoms with Crippen LogP contribution in [0.25, 0.3) is 11.5 Å². The summed E-state index contributed by atoms with van der Waals surface area (Å²) < 4.78 is 10.7. The highest BCUT2D eigenvalue weighted by atomic mass is 127. The molecule has 0 radical (unpaired) electrons. The van der Waals surface area contributed by atoms with Crippen molar-refractivity contribution >= 4 is 29.9 Å². The number of benzene rings is 1. The molecule has 0 spiro atoms. The molecule has 0 saturated carbocycles. The van der Waals surface area contributed by atoms with Crippen LogP contribution in [0.4, 0.5) is 0 Å². The Hall–Kier alpha value is -1.76. The smallest absolute Gasteiger partial charge is 0.257 e. The molecule has 0 aliphatic carbocycles. The van der Waals surface area contributed by atoms with E-state index in [0.717, 1.165) is 57.8 Å². The third kappa shape index (κ3) is 9.19. The lowest BCUT2D eigenvalue weighted by Crippen LogP contribution is -2.48. The minimum Gasteiger partial charge on any atom is -0.387 e. The second-order valence-electron chi connectivity index (χ2n) is 8.32. The fraction of sp³-hybridized carbons (Fsp3) is 0.609. The number of guanidine groups is 1. The first kappa shape index (κ1) is 27.5. The van der Waals surface area contributed by atoms with Crippen LogP contribution in [0, 0.1) is 0 Å². The van der Waals surface area contributed by atoms with Gasteiger partial charge in [-0.2, -0.15) is 4.98 Å². The van der Waals surface area contributed by atoms with E-state index in [1.807, 2.05) is 32.9 Å². The Balaban J connectivity index is 0.00000385. The average Bonchev–Trinajstić information content (AvgIpc) is 3.28. The third-order valence-corrected chi connectivity index (χ3v) is 5.28. The average molecular weight is 572 g/mol. The monoisotopic (exact) mass is 572 g/mol. The second-order valence-corrected chi connectivity index (χ2v) is 8.32. The second kappa shape index (κ2) is 13.8. The van der Waals surface area contributed by atoms with Crippen LogP contribution in [0.5, 0.6) is 0 Å². The number of hydrogen-bond acceptors (Lipinski definition) is 7. The first-order valence-corrected chi connectivity index (χ1v) is 11.5. The van der Waals surface area contributed by atoms with Gasteiger partial charge < -0.3 is 25.0 Å². The van der Waals surface area contributed by atoms with E-state index in [-0.39, 0.29) is 24.0 Å². The van der Waals surface area contributed by atoms with E-state index in [1.165, 1.54) is 5.56 Å². The van der Waals surface area contributed by atoms with Crippen LogP contribution in [0.1, 0.15) is 32.2 Å². The molecule has 0 bridgehead atoms. The number of morpholine rings is 1. The van der Waals surface area contributed by atoms with Gasteiger partial charge in [0, 0.05) is 44.7 Å². The van der Waals surface area contributed by atoms with E-state index in [1.54, 1.807) is 0 Å². The number of halogens is 1. The number of aromatic nitrogens is 2. The van der Waals surface area contributed by atoms with Crippen molar-refractivity contribution < 1.29 is 14.4 Å². The van der Waals surface area contributed by atoms with Crippen LogP contribution in [0.3, 0.4) is 0 Å². The minimum absolute atomic E-state index is 0. The number of β-amino-alcohol motifs (C(OH)–C–C–N with tert-alkyl or cyclic N) is 1. The van der Waals surface area contributed by atoms with Crippen molar-refractivity contribution in [3.05, 3.63) is 35.7 Å². The van der Waals surface area contributed by atoms with Crippen molar-refractivity contribution in [3.63, 3.8) is 0 Å². The summed E-state index contributed by atoms with van der Waals surface area (Å²) in [4.78, 5) is 11.2. The maximum Gasteiger partial charge on any atom is 0.257 e. The molecular weight excluding hydrogens is 535 g/mol. The number of aliphatic hydroxyl groups is 1. The Morgan fingerprint density at radius 2 is 1.91 bits per heavy atom. The Labute approximate surface area is 213 Å². The molecule has 2 heterocycles. The highest BCUT2D eigenvalue weighted by molar-refractivity contribution is 14.0. The zero-order valence-electron chi connectivity index (χ0n) is 19.8. The Bertz CT molecular complexity index is 850. The van der Waals surface area contributed by atoms with E-state index >= 15 is 0 Å². The number of rotatable bonds is 10. The highest BCUT2D eigenvalue weighted by Crippen LogP contribution is 2.18. The van der Waals surface area contributed by atoms with Crippen molar-refractivity contribution in [2.45, 2.75) is 39.2 Å². The maximum atomic E-state index is 10.8. The van der Waals surface area contributed by atoms with Crippen molar-refractivity contribution in [2.75, 3.05) is 52.5 Å². The van der Waals surface area contributed by atoms with Crippen molar-refractivity contribution in [1.29, 1.82) is 0 Å². The SMILES string of the molecule is CCNC(=NCC(C)(O)CN1CCOCC1)NCCc1ccc(-c2nc(CC)no2)cc1.I. The maximum absolute atomic E-state index is 10.8. The largest absolute Gasteiger partial charge is 0.387 e. The lowest BCUT2D eigenvalue weighted by atomic mass is 10.1. The molecule has 184 valence electrons. The molecule has 1 aromatic carbocycles. The van der Waals surface area contributed by atoms with Crippen LogP contribution in [-0.4, -0.2) is 84.2 Å². The molecule has 1 saturated heterocycles. The topological polar surface area (TPSA) is 108 Å². The summed E-state index contributed by atoms with van der Waals surface area (Å²) in [6, 6.07) is 8.16. The first-order valence-electron chi connectivity index (χ1n) is 11.5. The van der Waals surface area contributed by atoms with E-state index in [2.05, 4.69) is 42.8 Å². The number of ether oxygens (including phenoxy) is 1. The van der Waals surface area contributed by atoms with Crippen molar-refractivity contribution in [2.24, 2.45) is 4.99 Å². The molecule has 10 heteroatoms. The van der Waals surface area contributed by atoms with Crippen LogP contribution in [-0.2, 0) is 17.6 Å². The minimum atomic E-state index is -0.887. The van der Waals surface area contributed by atoms with Crippen LogP contribution in [0.15, 0.2) is 33.8 Å². The van der Waals surface area contributed by atoms with E-state index in [4.69, 9.17) is 9.26 Å². The highest BCUT2D eigenvalue weighted by Gasteiger charge is 2.25. The summed E-state index contributed by atoms with van der Waals surface area (Å²) in [7, 11) is 0. The van der Waals surface area contributed by atoms with Gasteiger partial charge >= 0.3 is 0 Å². The summed E-state index contributed by atoms with van der Waals surface area (Å²) in [6.07, 6.45) is 1.60. The fourth-order valence-corrected chi connectivity index (χ4v) is 3.54. The van der Waals surface area contributed by atoms with Gasteiger partial charge in [-0.15, -0.1) is 24.0 Å². The lowest BCUT2D eigenvalue weighted by molar-refractivity contribution is -0.0179. The third-order valence-electron chi connectivity index (χ3n) is 5.28. The van der Waals surface area contributed by atoms with Gasteiger partial charge in [0.2, 0.25) is 0 Å². The van der Waals surface area contributed by atoms with Gasteiger partial charge in [0.25, 0.3) is 5.89 Å². The zero-order chi connectivity index (χ0) is 22.8. The summed E-state index contributed by atoms with van der Waals surface area (Å²) in [5, 5.41) is 21.3. The molecule has 9 nitrogen and oxygen atoms in total.